The summed E-state index contributed by atoms with van der Waals surface area (Å²) in [6, 6.07) is 21.1. The van der Waals surface area contributed by atoms with Gasteiger partial charge in [0.05, 0.1) is 14.6 Å². The van der Waals surface area contributed by atoms with Gasteiger partial charge in [0.15, 0.2) is 5.13 Å². The predicted octanol–water partition coefficient (Wildman–Crippen LogP) is 5.79. The fourth-order valence-corrected chi connectivity index (χ4v) is 6.33. The van der Waals surface area contributed by atoms with E-state index >= 15 is 0 Å². The first-order valence-electron chi connectivity index (χ1n) is 11.8. The Morgan fingerprint density at radius 2 is 1.61 bits per heavy atom. The van der Waals surface area contributed by atoms with Crippen molar-refractivity contribution in [3.63, 3.8) is 0 Å². The highest BCUT2D eigenvalue weighted by atomic mass is 35.5. The number of carbonyl (C=O) groups excluding carboxylic acids is 1. The number of amides is 1. The van der Waals surface area contributed by atoms with Crippen LogP contribution < -0.4 is 4.90 Å². The molecule has 3 aromatic carbocycles. The third-order valence-corrected chi connectivity index (χ3v) is 9.05. The zero-order chi connectivity index (χ0) is 26.6. The van der Waals surface area contributed by atoms with Gasteiger partial charge in [-0.3, -0.25) is 9.69 Å². The average molecular weight is 594 g/mol. The van der Waals surface area contributed by atoms with Gasteiger partial charge in [-0.1, -0.05) is 59.3 Å². The number of nitrogens with zero attached hydrogens (tertiary/aromatic N) is 4. The summed E-state index contributed by atoms with van der Waals surface area (Å²) in [5, 5.41) is 1.10. The van der Waals surface area contributed by atoms with Gasteiger partial charge in [-0.2, -0.15) is 4.31 Å². The highest BCUT2D eigenvalue weighted by molar-refractivity contribution is 7.89. The minimum absolute atomic E-state index is 0. The van der Waals surface area contributed by atoms with E-state index in [1.807, 2.05) is 56.6 Å². The molecule has 38 heavy (non-hydrogen) atoms. The molecule has 1 amide bonds. The third-order valence-electron chi connectivity index (χ3n) is 5.88. The fraction of sp³-hybridized carbons (Fsp3) is 0.259. The minimum Gasteiger partial charge on any atom is -0.309 e. The maximum atomic E-state index is 13.6. The summed E-state index contributed by atoms with van der Waals surface area (Å²) in [7, 11) is 1.80. The number of rotatable bonds is 10. The number of thiazole rings is 1. The second kappa shape index (κ2) is 13.0. The molecule has 0 aliphatic heterocycles. The van der Waals surface area contributed by atoms with Crippen molar-refractivity contribution in [2.45, 2.75) is 17.9 Å². The Hall–Kier alpha value is -2.53. The van der Waals surface area contributed by atoms with Crippen LogP contribution in [0.2, 0.25) is 5.02 Å². The number of benzene rings is 3. The molecule has 4 rings (SSSR count). The van der Waals surface area contributed by atoms with Crippen LogP contribution in [0.5, 0.6) is 0 Å². The molecule has 1 heterocycles. The molecule has 7 nitrogen and oxygen atoms in total. The number of halogens is 2. The number of para-hydroxylation sites is 1. The normalized spacial score (nSPS) is 11.6. The Kier molecular flexibility index (Phi) is 10.3. The van der Waals surface area contributed by atoms with E-state index < -0.39 is 10.0 Å². The molecule has 0 aliphatic rings. The molecule has 0 atom stereocenters. The van der Waals surface area contributed by atoms with E-state index in [2.05, 4.69) is 9.88 Å². The van der Waals surface area contributed by atoms with Crippen LogP contribution in [-0.2, 0) is 16.6 Å². The molecular formula is C27H30Cl2N4O3S2. The highest BCUT2D eigenvalue weighted by Gasteiger charge is 2.24. The number of anilines is 1. The molecule has 0 spiro atoms. The molecule has 0 unspecified atom stereocenters. The van der Waals surface area contributed by atoms with Gasteiger partial charge in [0, 0.05) is 25.7 Å². The van der Waals surface area contributed by atoms with Crippen LogP contribution >= 0.6 is 35.3 Å². The molecule has 4 aromatic rings. The average Bonchev–Trinajstić information content (AvgIpc) is 3.32. The van der Waals surface area contributed by atoms with Gasteiger partial charge in [0.2, 0.25) is 10.0 Å². The van der Waals surface area contributed by atoms with Crippen molar-refractivity contribution < 1.29 is 13.2 Å². The van der Waals surface area contributed by atoms with Gasteiger partial charge in [-0.25, -0.2) is 13.4 Å². The van der Waals surface area contributed by atoms with Gasteiger partial charge in [-0.05, 0) is 69.0 Å². The molecule has 0 saturated heterocycles. The monoisotopic (exact) mass is 592 g/mol. The molecule has 1 aromatic heterocycles. The molecule has 0 aliphatic carbocycles. The van der Waals surface area contributed by atoms with Crippen molar-refractivity contribution >= 4 is 66.6 Å². The zero-order valence-corrected chi connectivity index (χ0v) is 24.6. The molecule has 0 N–H and O–H groups in total. The van der Waals surface area contributed by atoms with Gasteiger partial charge in [0.1, 0.15) is 5.52 Å². The number of fused-ring (bicyclic) bond motifs is 1. The van der Waals surface area contributed by atoms with Crippen LogP contribution in [0.15, 0.2) is 77.7 Å². The third kappa shape index (κ3) is 6.91. The first-order valence-corrected chi connectivity index (χ1v) is 14.4. The summed E-state index contributed by atoms with van der Waals surface area (Å²) >= 11 is 7.73. The maximum absolute atomic E-state index is 13.6. The number of hydrogen-bond acceptors (Lipinski definition) is 6. The Labute approximate surface area is 239 Å². The summed E-state index contributed by atoms with van der Waals surface area (Å²) in [6.45, 7) is 1.53. The van der Waals surface area contributed by atoms with Crippen molar-refractivity contribution in [3.8, 4) is 0 Å². The summed E-state index contributed by atoms with van der Waals surface area (Å²) in [5.41, 5.74) is 1.95. The molecular weight excluding hydrogens is 563 g/mol. The molecule has 11 heteroatoms. The van der Waals surface area contributed by atoms with E-state index in [-0.39, 0.29) is 29.8 Å². The van der Waals surface area contributed by atoms with Crippen LogP contribution in [0.3, 0.4) is 0 Å². The smallest absolute Gasteiger partial charge is 0.260 e. The number of sulfonamides is 1. The van der Waals surface area contributed by atoms with Crippen LogP contribution in [0.25, 0.3) is 10.2 Å². The lowest BCUT2D eigenvalue weighted by molar-refractivity contribution is 0.0986. The summed E-state index contributed by atoms with van der Waals surface area (Å²) in [5.74, 6) is -0.240. The van der Waals surface area contributed by atoms with Gasteiger partial charge >= 0.3 is 0 Å². The maximum Gasteiger partial charge on any atom is 0.260 e. The summed E-state index contributed by atoms with van der Waals surface area (Å²) in [6.07, 6.45) is 0.749. The number of hydrogen-bond donors (Lipinski definition) is 0. The van der Waals surface area contributed by atoms with Crippen molar-refractivity contribution in [1.29, 1.82) is 0 Å². The summed E-state index contributed by atoms with van der Waals surface area (Å²) in [4.78, 5) is 22.1. The summed E-state index contributed by atoms with van der Waals surface area (Å²) < 4.78 is 28.4. The van der Waals surface area contributed by atoms with Crippen molar-refractivity contribution in [2.24, 2.45) is 0 Å². The van der Waals surface area contributed by atoms with Gasteiger partial charge in [-0.15, -0.1) is 12.4 Å². The van der Waals surface area contributed by atoms with Crippen molar-refractivity contribution in [1.82, 2.24) is 14.2 Å². The highest BCUT2D eigenvalue weighted by Crippen LogP contribution is 2.33. The SMILES string of the molecule is CN(C)CCCN(C(=O)c1ccc(S(=O)(=O)N(C)Cc2ccccc2)cc1)c1nc2c(Cl)cccc2s1.Cl. The first-order chi connectivity index (χ1) is 17.7. The molecule has 0 radical (unpaired) electrons. The van der Waals surface area contributed by atoms with Crippen molar-refractivity contribution in [3.05, 3.63) is 88.9 Å². The van der Waals surface area contributed by atoms with Crippen molar-refractivity contribution in [2.75, 3.05) is 39.1 Å². The second-order valence-electron chi connectivity index (χ2n) is 8.97. The van der Waals surface area contributed by atoms with E-state index in [0.29, 0.717) is 27.8 Å². The van der Waals surface area contributed by atoms with E-state index in [1.165, 1.54) is 27.8 Å². The standard InChI is InChI=1S/C27H29ClN4O3S2.ClH/c1-30(2)17-8-18-32(27-29-25-23(28)11-7-12-24(25)36-27)26(33)21-13-15-22(16-14-21)37(34,35)31(3)19-20-9-5-4-6-10-20;/h4-7,9-16H,8,17-19H2,1-3H3;1H. The van der Waals surface area contributed by atoms with E-state index in [1.54, 1.807) is 30.1 Å². The van der Waals surface area contributed by atoms with Crippen LogP contribution in [0, 0.1) is 0 Å². The van der Waals surface area contributed by atoms with Crippen LogP contribution in [0.1, 0.15) is 22.3 Å². The first kappa shape index (κ1) is 30.0. The minimum atomic E-state index is -3.72. The Bertz CT molecular complexity index is 1480. The molecule has 0 saturated carbocycles. The van der Waals surface area contributed by atoms with Crippen LogP contribution in [-0.4, -0.2) is 62.7 Å². The number of carbonyl (C=O) groups is 1. The van der Waals surface area contributed by atoms with Crippen LogP contribution in [0.4, 0.5) is 5.13 Å². The predicted molar refractivity (Wildman–Crippen MR) is 158 cm³/mol. The Balaban J connectivity index is 0.00000400. The fourth-order valence-electron chi connectivity index (χ4n) is 3.88. The lowest BCUT2D eigenvalue weighted by Crippen LogP contribution is -2.33. The molecule has 202 valence electrons. The Morgan fingerprint density at radius 1 is 0.921 bits per heavy atom. The second-order valence-corrected chi connectivity index (χ2v) is 12.4. The lowest BCUT2D eigenvalue weighted by atomic mass is 10.2. The van der Waals surface area contributed by atoms with Gasteiger partial charge < -0.3 is 4.90 Å². The quantitative estimate of drug-likeness (QED) is 0.233. The zero-order valence-electron chi connectivity index (χ0n) is 21.4. The topological polar surface area (TPSA) is 73.8 Å². The van der Waals surface area contributed by atoms with E-state index in [4.69, 9.17) is 11.6 Å². The molecule has 0 bridgehead atoms. The van der Waals surface area contributed by atoms with E-state index in [9.17, 15) is 13.2 Å². The lowest BCUT2D eigenvalue weighted by Gasteiger charge is -2.21. The molecule has 0 fully saturated rings. The largest absolute Gasteiger partial charge is 0.309 e. The van der Waals surface area contributed by atoms with Gasteiger partial charge in [0.25, 0.3) is 5.91 Å². The van der Waals surface area contributed by atoms with E-state index in [0.717, 1.165) is 23.2 Å². The number of aromatic nitrogens is 1. The Morgan fingerprint density at radius 3 is 2.24 bits per heavy atom.